The number of hydrogen-bond acceptors (Lipinski definition) is 4. The summed E-state index contributed by atoms with van der Waals surface area (Å²) in [6.07, 6.45) is 0. The van der Waals surface area contributed by atoms with Gasteiger partial charge in [0.05, 0.1) is 19.3 Å². The summed E-state index contributed by atoms with van der Waals surface area (Å²) in [5.74, 6) is -1.35. The Bertz CT molecular complexity index is 1310. The lowest BCUT2D eigenvalue weighted by Crippen LogP contribution is -2.41. The molecule has 0 aromatic heterocycles. The highest BCUT2D eigenvalue weighted by Crippen LogP contribution is 2.38. The van der Waals surface area contributed by atoms with Crippen LogP contribution in [-0.2, 0) is 16.6 Å². The van der Waals surface area contributed by atoms with Gasteiger partial charge in [0, 0.05) is 17.0 Å². The number of nitrogens with zero attached hydrogens (tertiary/aromatic N) is 1. The molecule has 0 radical (unpaired) electrons. The molecule has 6 nitrogen and oxygen atoms in total. The zero-order valence-corrected chi connectivity index (χ0v) is 18.2. The molecule has 1 atom stereocenters. The van der Waals surface area contributed by atoms with Crippen LogP contribution in [0.1, 0.15) is 29.5 Å². The van der Waals surface area contributed by atoms with Crippen LogP contribution in [0.4, 0.5) is 14.5 Å². The topological polar surface area (TPSA) is 79.8 Å². The van der Waals surface area contributed by atoms with Crippen LogP contribution >= 0.6 is 0 Å². The number of benzene rings is 3. The van der Waals surface area contributed by atoms with Gasteiger partial charge in [0.25, 0.3) is 10.0 Å². The highest BCUT2D eigenvalue weighted by molar-refractivity contribution is 7.90. The number of sulfonamides is 1. The van der Waals surface area contributed by atoms with E-state index in [0.29, 0.717) is 5.75 Å². The Labute approximate surface area is 185 Å². The third-order valence-electron chi connectivity index (χ3n) is 5.32. The van der Waals surface area contributed by atoms with Gasteiger partial charge in [-0.3, -0.25) is 0 Å². The lowest BCUT2D eigenvalue weighted by atomic mass is 9.91. The normalized spacial score (nSPS) is 16.6. The van der Waals surface area contributed by atoms with Gasteiger partial charge in [0.15, 0.2) is 0 Å². The van der Waals surface area contributed by atoms with Gasteiger partial charge in [-0.2, -0.15) is 0 Å². The number of para-hydroxylation sites is 1. The van der Waals surface area contributed by atoms with E-state index in [0.717, 1.165) is 11.6 Å². The molecule has 9 heteroatoms. The fourth-order valence-electron chi connectivity index (χ4n) is 3.73. The average Bonchev–Trinajstić information content (AvgIpc) is 2.77. The van der Waals surface area contributed by atoms with Gasteiger partial charge in [-0.1, -0.05) is 43.3 Å². The summed E-state index contributed by atoms with van der Waals surface area (Å²) >= 11 is 0. The Balaban J connectivity index is 1.77. The Morgan fingerprint density at radius 2 is 1.72 bits per heavy atom. The van der Waals surface area contributed by atoms with Gasteiger partial charge in [-0.25, -0.2) is 26.9 Å². The third-order valence-corrected chi connectivity index (χ3v) is 6.70. The minimum atomic E-state index is -4.01. The number of rotatable bonds is 5. The number of guanidine groups is 1. The van der Waals surface area contributed by atoms with Crippen molar-refractivity contribution in [3.63, 3.8) is 0 Å². The maximum absolute atomic E-state index is 14.9. The van der Waals surface area contributed by atoms with Crippen LogP contribution in [-0.4, -0.2) is 21.5 Å². The highest BCUT2D eigenvalue weighted by Gasteiger charge is 2.32. The number of anilines is 1. The molecule has 1 aliphatic heterocycles. The van der Waals surface area contributed by atoms with Crippen molar-refractivity contribution >= 4 is 21.7 Å². The van der Waals surface area contributed by atoms with E-state index in [9.17, 15) is 17.2 Å². The van der Waals surface area contributed by atoms with Gasteiger partial charge < -0.3 is 10.1 Å². The summed E-state index contributed by atoms with van der Waals surface area (Å²) in [6.45, 7) is 1.75. The minimum Gasteiger partial charge on any atom is -0.496 e. The monoisotopic (exact) mass is 457 g/mol. The summed E-state index contributed by atoms with van der Waals surface area (Å²) in [5.41, 5.74) is 1.08. The fraction of sp³-hybridized carbons (Fsp3) is 0.174. The molecular formula is C23H21F2N3O3S. The molecule has 1 heterocycles. The zero-order chi connectivity index (χ0) is 22.9. The average molecular weight is 458 g/mol. The molecule has 0 spiro atoms. The van der Waals surface area contributed by atoms with Crippen LogP contribution in [0.3, 0.4) is 0 Å². The Morgan fingerprint density at radius 1 is 1.00 bits per heavy atom. The third kappa shape index (κ3) is 4.03. The van der Waals surface area contributed by atoms with E-state index in [2.05, 4.69) is 15.0 Å². The second kappa shape index (κ2) is 8.58. The van der Waals surface area contributed by atoms with E-state index in [1.807, 2.05) is 12.1 Å². The smallest absolute Gasteiger partial charge is 0.266 e. The van der Waals surface area contributed by atoms with E-state index in [4.69, 9.17) is 4.74 Å². The van der Waals surface area contributed by atoms with E-state index in [1.165, 1.54) is 25.3 Å². The quantitative estimate of drug-likeness (QED) is 0.596. The van der Waals surface area contributed by atoms with E-state index >= 15 is 0 Å². The van der Waals surface area contributed by atoms with Crippen LogP contribution in [0.2, 0.25) is 0 Å². The molecule has 166 valence electrons. The lowest BCUT2D eigenvalue weighted by molar-refractivity contribution is 0.410. The summed E-state index contributed by atoms with van der Waals surface area (Å²) in [7, 11) is -2.48. The van der Waals surface area contributed by atoms with Crippen LogP contribution in [0.15, 0.2) is 70.6 Å². The standard InChI is InChI=1S/C23H21F2N3O3S/c1-14(16-8-4-5-9-17(16)24)21-18(25)11-12-20-22(21)27-23(28-32(20,29)30)26-13-15-7-3-6-10-19(15)31-2/h3-12,14H,13H2,1-2H3,(H2,26,27,28)/t14-/m0/s1. The Morgan fingerprint density at radius 3 is 2.47 bits per heavy atom. The zero-order valence-electron chi connectivity index (χ0n) is 17.4. The van der Waals surface area contributed by atoms with Gasteiger partial charge >= 0.3 is 0 Å². The van der Waals surface area contributed by atoms with Crippen LogP contribution in [0, 0.1) is 11.6 Å². The number of methoxy groups -OCH3 is 1. The maximum atomic E-state index is 14.9. The summed E-state index contributed by atoms with van der Waals surface area (Å²) in [5, 5.41) is 2.90. The molecule has 4 rings (SSSR count). The second-order valence-corrected chi connectivity index (χ2v) is 8.94. The van der Waals surface area contributed by atoms with Crippen molar-refractivity contribution < 1.29 is 21.9 Å². The molecule has 0 amide bonds. The van der Waals surface area contributed by atoms with Crippen LogP contribution in [0.5, 0.6) is 5.75 Å². The maximum Gasteiger partial charge on any atom is 0.266 e. The minimum absolute atomic E-state index is 0.0401. The summed E-state index contributed by atoms with van der Waals surface area (Å²) in [4.78, 5) is 4.18. The molecule has 0 saturated carbocycles. The first-order valence-electron chi connectivity index (χ1n) is 9.85. The van der Waals surface area contributed by atoms with Crippen molar-refractivity contribution in [2.24, 2.45) is 4.99 Å². The molecule has 0 unspecified atom stereocenters. The first-order chi connectivity index (χ1) is 15.3. The molecule has 32 heavy (non-hydrogen) atoms. The molecule has 3 aromatic rings. The Hall–Kier alpha value is -3.46. The molecule has 0 fully saturated rings. The summed E-state index contributed by atoms with van der Waals surface area (Å²) in [6, 6.07) is 15.5. The van der Waals surface area contributed by atoms with Gasteiger partial charge in [0.2, 0.25) is 5.96 Å². The first kappa shape index (κ1) is 21.8. The molecule has 0 aliphatic carbocycles. The molecular weight excluding hydrogens is 436 g/mol. The van der Waals surface area contributed by atoms with Crippen molar-refractivity contribution in [3.8, 4) is 5.75 Å². The van der Waals surface area contributed by atoms with Gasteiger partial charge in [-0.05, 0) is 29.8 Å². The summed E-state index contributed by atoms with van der Waals surface area (Å²) < 4.78 is 62.7. The molecule has 3 aromatic carbocycles. The number of aliphatic imine (C=N–C) groups is 1. The Kier molecular flexibility index (Phi) is 5.84. The van der Waals surface area contributed by atoms with Crippen molar-refractivity contribution in [1.29, 1.82) is 0 Å². The number of nitrogens with one attached hydrogen (secondary N) is 2. The van der Waals surface area contributed by atoms with E-state index in [1.54, 1.807) is 31.2 Å². The lowest BCUT2D eigenvalue weighted by Gasteiger charge is -2.26. The number of ether oxygens (including phenoxy) is 1. The van der Waals surface area contributed by atoms with Crippen molar-refractivity contribution in [2.75, 3.05) is 12.4 Å². The number of hydrogen-bond donors (Lipinski definition) is 2. The molecule has 2 N–H and O–H groups in total. The van der Waals surface area contributed by atoms with Crippen LogP contribution in [0.25, 0.3) is 0 Å². The number of fused-ring (bicyclic) bond motifs is 1. The fourth-order valence-corrected chi connectivity index (χ4v) is 4.88. The van der Waals surface area contributed by atoms with Crippen molar-refractivity contribution in [2.45, 2.75) is 24.3 Å². The largest absolute Gasteiger partial charge is 0.496 e. The SMILES string of the molecule is COc1ccccc1CN=C1Nc2c(ccc(F)c2[C@@H](C)c2ccccc2F)S(=O)(=O)N1. The molecule has 0 bridgehead atoms. The molecule has 1 aliphatic rings. The predicted molar refractivity (Wildman–Crippen MR) is 118 cm³/mol. The first-order valence-corrected chi connectivity index (χ1v) is 11.3. The van der Waals surface area contributed by atoms with Gasteiger partial charge in [-0.15, -0.1) is 0 Å². The predicted octanol–water partition coefficient (Wildman–Crippen LogP) is 4.39. The van der Waals surface area contributed by atoms with Gasteiger partial charge in [0.1, 0.15) is 22.3 Å². The van der Waals surface area contributed by atoms with E-state index in [-0.39, 0.29) is 34.2 Å². The van der Waals surface area contributed by atoms with Crippen LogP contribution < -0.4 is 14.8 Å². The van der Waals surface area contributed by atoms with Crippen molar-refractivity contribution in [1.82, 2.24) is 4.72 Å². The second-order valence-electron chi connectivity index (χ2n) is 7.28. The van der Waals surface area contributed by atoms with E-state index < -0.39 is 27.6 Å². The highest BCUT2D eigenvalue weighted by atomic mass is 32.2. The molecule has 0 saturated heterocycles. The number of halogens is 2. The van der Waals surface area contributed by atoms with Crippen molar-refractivity contribution in [3.05, 3.63) is 89.0 Å².